The van der Waals surface area contributed by atoms with Gasteiger partial charge in [0.1, 0.15) is 23.5 Å². The minimum Gasteiger partial charge on any atom is -0.495 e. The van der Waals surface area contributed by atoms with E-state index in [2.05, 4.69) is 5.32 Å². The van der Waals surface area contributed by atoms with E-state index in [1.54, 1.807) is 30.3 Å². The SMILES string of the molecule is COc1ccc(Cl)cc1NC(=O)/C(C#N)=C/c1ccc(OCC#N)c(OC)c1. The molecule has 0 radical (unpaired) electrons. The van der Waals surface area contributed by atoms with Gasteiger partial charge in [-0.15, -0.1) is 0 Å². The summed E-state index contributed by atoms with van der Waals surface area (Å²) in [5.74, 6) is 0.550. The molecule has 0 bridgehead atoms. The number of hydrogen-bond donors (Lipinski definition) is 1. The molecule has 0 unspecified atom stereocenters. The van der Waals surface area contributed by atoms with E-state index < -0.39 is 5.91 Å². The highest BCUT2D eigenvalue weighted by atomic mass is 35.5. The summed E-state index contributed by atoms with van der Waals surface area (Å²) in [6.45, 7) is -0.126. The Balaban J connectivity index is 2.28. The molecule has 28 heavy (non-hydrogen) atoms. The van der Waals surface area contributed by atoms with Crippen LogP contribution in [-0.4, -0.2) is 26.7 Å². The molecule has 0 saturated heterocycles. The average molecular weight is 398 g/mol. The van der Waals surface area contributed by atoms with Gasteiger partial charge >= 0.3 is 0 Å². The number of ether oxygens (including phenoxy) is 3. The average Bonchev–Trinajstić information content (AvgIpc) is 2.70. The van der Waals surface area contributed by atoms with Crippen LogP contribution in [0.1, 0.15) is 5.56 Å². The normalized spacial score (nSPS) is 10.4. The molecule has 0 aromatic heterocycles. The zero-order valence-corrected chi connectivity index (χ0v) is 15.9. The van der Waals surface area contributed by atoms with Crippen LogP contribution in [0, 0.1) is 22.7 Å². The molecule has 0 heterocycles. The highest BCUT2D eigenvalue weighted by Crippen LogP contribution is 2.30. The highest BCUT2D eigenvalue weighted by Gasteiger charge is 2.14. The van der Waals surface area contributed by atoms with Gasteiger partial charge in [0, 0.05) is 5.02 Å². The van der Waals surface area contributed by atoms with Crippen LogP contribution in [0.25, 0.3) is 6.08 Å². The first-order valence-corrected chi connectivity index (χ1v) is 8.34. The van der Waals surface area contributed by atoms with Crippen molar-refractivity contribution in [2.75, 3.05) is 26.1 Å². The third-order valence-electron chi connectivity index (χ3n) is 3.57. The Morgan fingerprint density at radius 2 is 1.82 bits per heavy atom. The molecule has 0 saturated carbocycles. The van der Waals surface area contributed by atoms with E-state index in [-0.39, 0.29) is 12.2 Å². The lowest BCUT2D eigenvalue weighted by Gasteiger charge is -2.11. The quantitative estimate of drug-likeness (QED) is 0.562. The third-order valence-corrected chi connectivity index (χ3v) is 3.80. The number of nitriles is 2. The number of nitrogens with one attached hydrogen (secondary N) is 1. The number of amides is 1. The van der Waals surface area contributed by atoms with Crippen LogP contribution in [0.3, 0.4) is 0 Å². The van der Waals surface area contributed by atoms with E-state index in [0.29, 0.717) is 33.5 Å². The van der Waals surface area contributed by atoms with Crippen molar-refractivity contribution in [2.45, 2.75) is 0 Å². The lowest BCUT2D eigenvalue weighted by molar-refractivity contribution is -0.112. The molecule has 0 atom stereocenters. The predicted octanol–water partition coefficient (Wildman–Crippen LogP) is 3.81. The Bertz CT molecular complexity index is 990. The smallest absolute Gasteiger partial charge is 0.266 e. The molecule has 2 aromatic carbocycles. The van der Waals surface area contributed by atoms with Crippen LogP contribution in [0.2, 0.25) is 5.02 Å². The summed E-state index contributed by atoms with van der Waals surface area (Å²) < 4.78 is 15.6. The summed E-state index contributed by atoms with van der Waals surface area (Å²) in [5.41, 5.74) is 0.764. The van der Waals surface area contributed by atoms with E-state index in [1.807, 2.05) is 12.1 Å². The summed E-state index contributed by atoms with van der Waals surface area (Å²) in [5, 5.41) is 21.0. The van der Waals surface area contributed by atoms with Crippen molar-refractivity contribution in [2.24, 2.45) is 0 Å². The lowest BCUT2D eigenvalue weighted by atomic mass is 10.1. The summed E-state index contributed by atoms with van der Waals surface area (Å²) in [6, 6.07) is 13.3. The molecule has 0 aliphatic carbocycles. The van der Waals surface area contributed by atoms with Crippen molar-refractivity contribution in [1.82, 2.24) is 0 Å². The number of hydrogen-bond acceptors (Lipinski definition) is 6. The second-order valence-corrected chi connectivity index (χ2v) is 5.76. The second kappa shape index (κ2) is 9.86. The molecule has 1 amide bonds. The summed E-state index contributed by atoms with van der Waals surface area (Å²) in [4.78, 5) is 12.5. The van der Waals surface area contributed by atoms with E-state index >= 15 is 0 Å². The van der Waals surface area contributed by atoms with Gasteiger partial charge in [-0.2, -0.15) is 10.5 Å². The number of methoxy groups -OCH3 is 2. The Morgan fingerprint density at radius 3 is 2.46 bits per heavy atom. The molecule has 0 aliphatic rings. The van der Waals surface area contributed by atoms with E-state index in [9.17, 15) is 10.1 Å². The lowest BCUT2D eigenvalue weighted by Crippen LogP contribution is -2.14. The zero-order chi connectivity index (χ0) is 20.5. The summed E-state index contributed by atoms with van der Waals surface area (Å²) >= 11 is 5.95. The van der Waals surface area contributed by atoms with Gasteiger partial charge < -0.3 is 19.5 Å². The van der Waals surface area contributed by atoms with Crippen molar-refractivity contribution in [3.8, 4) is 29.4 Å². The van der Waals surface area contributed by atoms with Crippen molar-refractivity contribution >= 4 is 29.3 Å². The molecule has 0 fully saturated rings. The van der Waals surface area contributed by atoms with Gasteiger partial charge in [0.25, 0.3) is 5.91 Å². The summed E-state index contributed by atoms with van der Waals surface area (Å²) in [7, 11) is 2.91. The zero-order valence-electron chi connectivity index (χ0n) is 15.2. The minimum atomic E-state index is -0.619. The van der Waals surface area contributed by atoms with Crippen molar-refractivity contribution in [3.05, 3.63) is 52.6 Å². The second-order valence-electron chi connectivity index (χ2n) is 5.33. The number of rotatable bonds is 7. The van der Waals surface area contributed by atoms with Crippen molar-refractivity contribution < 1.29 is 19.0 Å². The maximum Gasteiger partial charge on any atom is 0.266 e. The van der Waals surface area contributed by atoms with Crippen molar-refractivity contribution in [3.63, 3.8) is 0 Å². The van der Waals surface area contributed by atoms with Crippen molar-refractivity contribution in [1.29, 1.82) is 10.5 Å². The Kier molecular flexibility index (Phi) is 7.27. The number of benzene rings is 2. The van der Waals surface area contributed by atoms with E-state index in [0.717, 1.165) is 0 Å². The first-order valence-electron chi connectivity index (χ1n) is 7.96. The fourth-order valence-corrected chi connectivity index (χ4v) is 2.46. The molecule has 142 valence electrons. The molecule has 0 spiro atoms. The van der Waals surface area contributed by atoms with Crippen LogP contribution in [-0.2, 0) is 4.79 Å². The van der Waals surface area contributed by atoms with Crippen LogP contribution >= 0.6 is 11.6 Å². The van der Waals surface area contributed by atoms with Crippen LogP contribution in [0.5, 0.6) is 17.2 Å². The van der Waals surface area contributed by atoms with Crippen LogP contribution < -0.4 is 19.5 Å². The predicted molar refractivity (Wildman–Crippen MR) is 104 cm³/mol. The number of carbonyl (C=O) groups excluding carboxylic acids is 1. The van der Waals surface area contributed by atoms with E-state index in [4.69, 9.17) is 31.1 Å². The van der Waals surface area contributed by atoms with Gasteiger partial charge in [0.15, 0.2) is 18.1 Å². The monoisotopic (exact) mass is 397 g/mol. The maximum atomic E-state index is 12.5. The number of nitrogens with zero attached hydrogens (tertiary/aromatic N) is 2. The fourth-order valence-electron chi connectivity index (χ4n) is 2.29. The van der Waals surface area contributed by atoms with Gasteiger partial charge in [-0.3, -0.25) is 4.79 Å². The fraction of sp³-hybridized carbons (Fsp3) is 0.150. The minimum absolute atomic E-state index is 0.126. The highest BCUT2D eigenvalue weighted by molar-refractivity contribution is 6.31. The molecule has 2 rings (SSSR count). The molecule has 8 heteroatoms. The van der Waals surface area contributed by atoms with Gasteiger partial charge in [0.05, 0.1) is 19.9 Å². The molecular weight excluding hydrogens is 382 g/mol. The van der Waals surface area contributed by atoms with Crippen LogP contribution in [0.4, 0.5) is 5.69 Å². The summed E-state index contributed by atoms with van der Waals surface area (Å²) in [6.07, 6.45) is 1.41. The molecule has 1 N–H and O–H groups in total. The first kappa shape index (κ1) is 20.6. The van der Waals surface area contributed by atoms with Gasteiger partial charge in [-0.25, -0.2) is 0 Å². The Morgan fingerprint density at radius 1 is 1.11 bits per heavy atom. The van der Waals surface area contributed by atoms with E-state index in [1.165, 1.54) is 26.4 Å². The third kappa shape index (κ3) is 5.16. The topological polar surface area (TPSA) is 104 Å². The van der Waals surface area contributed by atoms with Gasteiger partial charge in [0.2, 0.25) is 0 Å². The Labute approximate surface area is 167 Å². The molecule has 0 aliphatic heterocycles. The standard InChI is InChI=1S/C20H16ClN3O4/c1-26-17-6-4-15(21)11-16(17)24-20(25)14(12-23)9-13-3-5-18(28-8-7-22)19(10-13)27-2/h3-6,9-11H,8H2,1-2H3,(H,24,25)/b14-9+. The molecule has 2 aromatic rings. The first-order chi connectivity index (χ1) is 13.5. The number of carbonyl (C=O) groups is 1. The number of anilines is 1. The van der Waals surface area contributed by atoms with Gasteiger partial charge in [-0.1, -0.05) is 17.7 Å². The van der Waals surface area contributed by atoms with Gasteiger partial charge in [-0.05, 0) is 42.0 Å². The largest absolute Gasteiger partial charge is 0.495 e. The molecule has 7 nitrogen and oxygen atoms in total. The molecular formula is C20H16ClN3O4. The number of halogens is 1. The Hall–Kier alpha value is -3.68. The maximum absolute atomic E-state index is 12.5. The van der Waals surface area contributed by atoms with Crippen LogP contribution in [0.15, 0.2) is 42.0 Å².